The summed E-state index contributed by atoms with van der Waals surface area (Å²) in [7, 11) is 1.51. The van der Waals surface area contributed by atoms with Gasteiger partial charge in [0.25, 0.3) is 5.91 Å². The maximum Gasteiger partial charge on any atom is 0.291 e. The number of nitrogens with one attached hydrogen (secondary N) is 2. The second kappa shape index (κ2) is 10.4. The third-order valence-electron chi connectivity index (χ3n) is 4.10. The zero-order chi connectivity index (χ0) is 22.2. The normalized spacial score (nSPS) is 10.7. The van der Waals surface area contributed by atoms with Crippen LogP contribution in [-0.2, 0) is 4.79 Å². The minimum absolute atomic E-state index is 0.196. The molecule has 7 nitrogen and oxygen atoms in total. The van der Waals surface area contributed by atoms with Crippen LogP contribution in [0, 0.1) is 0 Å². The average Bonchev–Trinajstić information content (AvgIpc) is 3.28. The van der Waals surface area contributed by atoms with Crippen molar-refractivity contribution in [2.45, 2.75) is 6.92 Å². The summed E-state index contributed by atoms with van der Waals surface area (Å²) >= 11 is 6.23. The monoisotopic (exact) mass is 440 g/mol. The molecule has 0 unspecified atom stereocenters. The zero-order valence-electron chi connectivity index (χ0n) is 17.0. The number of anilines is 2. The molecule has 0 aliphatic carbocycles. The number of furan rings is 1. The minimum atomic E-state index is -0.380. The Morgan fingerprint density at radius 2 is 1.87 bits per heavy atom. The van der Waals surface area contributed by atoms with E-state index in [9.17, 15) is 9.59 Å². The summed E-state index contributed by atoms with van der Waals surface area (Å²) in [6, 6.07) is 13.4. The number of ether oxygens (including phenoxy) is 2. The SMILES string of the molecule is CCOc1cc(/C=C/C(=O)Nc2cccc(NC(=O)c3ccco3)c2)cc(Cl)c1OC. The van der Waals surface area contributed by atoms with E-state index in [1.807, 2.05) is 6.92 Å². The summed E-state index contributed by atoms with van der Waals surface area (Å²) in [4.78, 5) is 24.4. The molecule has 1 aromatic heterocycles. The highest BCUT2D eigenvalue weighted by Gasteiger charge is 2.11. The Labute approximate surface area is 184 Å². The summed E-state index contributed by atoms with van der Waals surface area (Å²) in [5, 5.41) is 5.84. The van der Waals surface area contributed by atoms with E-state index < -0.39 is 0 Å². The van der Waals surface area contributed by atoms with Crippen molar-refractivity contribution in [1.29, 1.82) is 0 Å². The van der Waals surface area contributed by atoms with Crippen molar-refractivity contribution in [2.24, 2.45) is 0 Å². The molecule has 31 heavy (non-hydrogen) atoms. The van der Waals surface area contributed by atoms with E-state index in [2.05, 4.69) is 10.6 Å². The average molecular weight is 441 g/mol. The first-order valence-electron chi connectivity index (χ1n) is 9.44. The van der Waals surface area contributed by atoms with Gasteiger partial charge in [0.15, 0.2) is 17.3 Å². The lowest BCUT2D eigenvalue weighted by molar-refractivity contribution is -0.111. The van der Waals surface area contributed by atoms with E-state index in [0.717, 1.165) is 0 Å². The van der Waals surface area contributed by atoms with Crippen molar-refractivity contribution in [1.82, 2.24) is 0 Å². The number of hydrogen-bond acceptors (Lipinski definition) is 5. The van der Waals surface area contributed by atoms with Crippen LogP contribution in [0.3, 0.4) is 0 Å². The van der Waals surface area contributed by atoms with Gasteiger partial charge in [0, 0.05) is 17.5 Å². The van der Waals surface area contributed by atoms with Crippen molar-refractivity contribution >= 4 is 40.9 Å². The molecule has 0 saturated heterocycles. The number of halogens is 1. The van der Waals surface area contributed by atoms with Gasteiger partial charge < -0.3 is 24.5 Å². The predicted octanol–water partition coefficient (Wildman–Crippen LogP) is 5.24. The molecule has 0 atom stereocenters. The summed E-state index contributed by atoms with van der Waals surface area (Å²) < 4.78 is 15.9. The largest absolute Gasteiger partial charge is 0.491 e. The van der Waals surface area contributed by atoms with Crippen molar-refractivity contribution in [3.8, 4) is 11.5 Å². The van der Waals surface area contributed by atoms with E-state index in [-0.39, 0.29) is 17.6 Å². The van der Waals surface area contributed by atoms with Gasteiger partial charge in [0.2, 0.25) is 5.91 Å². The number of amides is 2. The molecule has 0 spiro atoms. The first-order valence-corrected chi connectivity index (χ1v) is 9.82. The van der Waals surface area contributed by atoms with Gasteiger partial charge in [-0.05, 0) is 61.0 Å². The molecular weight excluding hydrogens is 420 g/mol. The van der Waals surface area contributed by atoms with Crippen molar-refractivity contribution in [2.75, 3.05) is 24.4 Å². The van der Waals surface area contributed by atoms with Crippen LogP contribution in [-0.4, -0.2) is 25.5 Å². The van der Waals surface area contributed by atoms with Crippen LogP contribution in [0.2, 0.25) is 5.02 Å². The molecule has 2 aromatic carbocycles. The van der Waals surface area contributed by atoms with E-state index >= 15 is 0 Å². The molecule has 3 aromatic rings. The van der Waals surface area contributed by atoms with Gasteiger partial charge in [0.1, 0.15) is 0 Å². The lowest BCUT2D eigenvalue weighted by Gasteiger charge is -2.11. The molecule has 2 amide bonds. The van der Waals surface area contributed by atoms with Crippen LogP contribution < -0.4 is 20.1 Å². The molecular formula is C23H21ClN2O5. The predicted molar refractivity (Wildman–Crippen MR) is 120 cm³/mol. The van der Waals surface area contributed by atoms with E-state index in [1.165, 1.54) is 19.4 Å². The number of carbonyl (C=O) groups excluding carboxylic acids is 2. The van der Waals surface area contributed by atoms with Gasteiger partial charge in [-0.3, -0.25) is 9.59 Å². The Kier molecular flexibility index (Phi) is 7.35. The fourth-order valence-electron chi connectivity index (χ4n) is 2.78. The molecule has 3 rings (SSSR count). The Hall–Kier alpha value is -3.71. The highest BCUT2D eigenvalue weighted by atomic mass is 35.5. The second-order valence-electron chi connectivity index (χ2n) is 6.30. The van der Waals surface area contributed by atoms with E-state index in [0.29, 0.717) is 40.1 Å². The molecule has 0 fully saturated rings. The summed E-state index contributed by atoms with van der Waals surface area (Å²) in [5.41, 5.74) is 1.73. The third kappa shape index (κ3) is 5.90. The van der Waals surface area contributed by atoms with Crippen LogP contribution in [0.1, 0.15) is 23.0 Å². The van der Waals surface area contributed by atoms with Crippen LogP contribution in [0.15, 0.2) is 65.3 Å². The third-order valence-corrected chi connectivity index (χ3v) is 4.38. The van der Waals surface area contributed by atoms with Gasteiger partial charge in [-0.1, -0.05) is 17.7 Å². The van der Waals surface area contributed by atoms with Crippen LogP contribution in [0.4, 0.5) is 11.4 Å². The summed E-state index contributed by atoms with van der Waals surface area (Å²) in [5.74, 6) is 0.410. The van der Waals surface area contributed by atoms with Crippen molar-refractivity contribution in [3.05, 3.63) is 77.2 Å². The number of benzene rings is 2. The Balaban J connectivity index is 1.67. The number of rotatable bonds is 8. The van der Waals surface area contributed by atoms with Crippen LogP contribution in [0.5, 0.6) is 11.5 Å². The lowest BCUT2D eigenvalue weighted by atomic mass is 10.2. The van der Waals surface area contributed by atoms with Gasteiger partial charge in [-0.15, -0.1) is 0 Å². The summed E-state index contributed by atoms with van der Waals surface area (Å²) in [6.45, 7) is 2.31. The minimum Gasteiger partial charge on any atom is -0.491 e. The Morgan fingerprint density at radius 1 is 1.10 bits per heavy atom. The molecule has 0 aliphatic heterocycles. The maximum absolute atomic E-state index is 12.3. The number of carbonyl (C=O) groups is 2. The maximum atomic E-state index is 12.3. The van der Waals surface area contributed by atoms with Gasteiger partial charge in [-0.2, -0.15) is 0 Å². The quantitative estimate of drug-likeness (QED) is 0.467. The number of methoxy groups -OCH3 is 1. The molecule has 8 heteroatoms. The fourth-order valence-corrected chi connectivity index (χ4v) is 3.07. The first-order chi connectivity index (χ1) is 15.0. The van der Waals surface area contributed by atoms with Crippen molar-refractivity contribution < 1.29 is 23.5 Å². The van der Waals surface area contributed by atoms with Gasteiger partial charge in [0.05, 0.1) is 25.0 Å². The van der Waals surface area contributed by atoms with Gasteiger partial charge >= 0.3 is 0 Å². The molecule has 160 valence electrons. The molecule has 0 radical (unpaired) electrons. The van der Waals surface area contributed by atoms with E-state index in [4.69, 9.17) is 25.5 Å². The van der Waals surface area contributed by atoms with E-state index in [1.54, 1.807) is 54.6 Å². The molecule has 0 aliphatic rings. The number of hydrogen-bond donors (Lipinski definition) is 2. The van der Waals surface area contributed by atoms with Crippen LogP contribution >= 0.6 is 11.6 Å². The molecule has 1 heterocycles. The zero-order valence-corrected chi connectivity index (χ0v) is 17.7. The molecule has 0 saturated carbocycles. The topological polar surface area (TPSA) is 89.8 Å². The standard InChI is InChI=1S/C23H21ClN2O5/c1-3-30-20-13-15(12-18(24)22(20)29-2)9-10-21(27)25-16-6-4-7-17(14-16)26-23(28)19-8-5-11-31-19/h4-14H,3H2,1-2H3,(H,25,27)(H,26,28)/b10-9+. The molecule has 2 N–H and O–H groups in total. The lowest BCUT2D eigenvalue weighted by Crippen LogP contribution is -2.12. The summed E-state index contributed by atoms with van der Waals surface area (Å²) in [6.07, 6.45) is 4.42. The Bertz CT molecular complexity index is 1090. The van der Waals surface area contributed by atoms with Crippen molar-refractivity contribution in [3.63, 3.8) is 0 Å². The second-order valence-corrected chi connectivity index (χ2v) is 6.71. The molecule has 0 bridgehead atoms. The van der Waals surface area contributed by atoms with Crippen LogP contribution in [0.25, 0.3) is 6.08 Å². The Morgan fingerprint density at radius 3 is 2.55 bits per heavy atom. The highest BCUT2D eigenvalue weighted by molar-refractivity contribution is 6.32. The fraction of sp³-hybridized carbons (Fsp3) is 0.130. The highest BCUT2D eigenvalue weighted by Crippen LogP contribution is 2.36. The smallest absolute Gasteiger partial charge is 0.291 e. The van der Waals surface area contributed by atoms with Gasteiger partial charge in [-0.25, -0.2) is 0 Å². The first kappa shape index (κ1) is 22.0.